The Morgan fingerprint density at radius 2 is 1.91 bits per heavy atom. The van der Waals surface area contributed by atoms with Crippen LogP contribution in [0.2, 0.25) is 0 Å². The number of hydrogen-bond acceptors (Lipinski definition) is 8. The lowest BCUT2D eigenvalue weighted by Crippen LogP contribution is -2.36. The van der Waals surface area contributed by atoms with Crippen LogP contribution in [0.15, 0.2) is 65.8 Å². The van der Waals surface area contributed by atoms with Gasteiger partial charge in [0.25, 0.3) is 0 Å². The Hall–Kier alpha value is -3.63. The molecule has 0 amide bonds. The molecule has 2 aromatic carbocycles. The van der Waals surface area contributed by atoms with Crippen molar-refractivity contribution in [1.29, 1.82) is 0 Å². The van der Waals surface area contributed by atoms with Crippen molar-refractivity contribution in [3.63, 3.8) is 0 Å². The smallest absolute Gasteiger partial charge is 0.213 e. The summed E-state index contributed by atoms with van der Waals surface area (Å²) in [6, 6.07) is 14.6. The second kappa shape index (κ2) is 8.96. The molecule has 0 unspecified atom stereocenters. The van der Waals surface area contributed by atoms with Crippen LogP contribution in [0.25, 0.3) is 16.9 Å². The number of ether oxygens (including phenoxy) is 2. The number of benzene rings is 2. The summed E-state index contributed by atoms with van der Waals surface area (Å²) in [5.41, 5.74) is 3.94. The first kappa shape index (κ1) is 22.2. The molecule has 0 saturated carbocycles. The number of imidazole rings is 1. The molecule has 176 valence electrons. The zero-order valence-corrected chi connectivity index (χ0v) is 19.7. The summed E-state index contributed by atoms with van der Waals surface area (Å²) in [5.74, 6) is 1.28. The van der Waals surface area contributed by atoms with E-state index in [-0.39, 0.29) is 4.90 Å². The van der Waals surface area contributed by atoms with Gasteiger partial charge in [-0.3, -0.25) is 4.40 Å². The lowest BCUT2D eigenvalue weighted by Gasteiger charge is -2.30. The van der Waals surface area contributed by atoms with Crippen LogP contribution in [-0.4, -0.2) is 62.5 Å². The fraction of sp³-hybridized carbons (Fsp3) is 0.250. The van der Waals surface area contributed by atoms with Crippen molar-refractivity contribution in [1.82, 2.24) is 14.4 Å². The van der Waals surface area contributed by atoms with Gasteiger partial charge in [0.05, 0.1) is 36.6 Å². The van der Waals surface area contributed by atoms with E-state index in [1.54, 1.807) is 43.8 Å². The highest BCUT2D eigenvalue weighted by Crippen LogP contribution is 2.34. The molecule has 0 spiro atoms. The Balaban J connectivity index is 1.53. The fourth-order valence-electron chi connectivity index (χ4n) is 4.00. The maximum atomic E-state index is 12.0. The van der Waals surface area contributed by atoms with Gasteiger partial charge in [-0.05, 0) is 30.3 Å². The van der Waals surface area contributed by atoms with Gasteiger partial charge < -0.3 is 19.7 Å². The maximum Gasteiger partial charge on any atom is 0.213 e. The molecule has 10 heteroatoms. The number of methoxy groups -OCH3 is 1. The van der Waals surface area contributed by atoms with Crippen LogP contribution in [0.4, 0.5) is 17.3 Å². The van der Waals surface area contributed by atoms with Crippen molar-refractivity contribution in [2.75, 3.05) is 49.9 Å². The Kier molecular flexibility index (Phi) is 5.84. The zero-order chi connectivity index (χ0) is 23.7. The summed E-state index contributed by atoms with van der Waals surface area (Å²) in [6.45, 7) is 3.01. The fourth-order valence-corrected chi connectivity index (χ4v) is 4.66. The van der Waals surface area contributed by atoms with Crippen LogP contribution < -0.4 is 15.0 Å². The second-order valence-electron chi connectivity index (χ2n) is 8.03. The first-order chi connectivity index (χ1) is 16.4. The van der Waals surface area contributed by atoms with E-state index in [1.165, 1.54) is 6.26 Å². The highest BCUT2D eigenvalue weighted by atomic mass is 32.2. The Labute approximate surface area is 197 Å². The van der Waals surface area contributed by atoms with Gasteiger partial charge in [0.15, 0.2) is 9.84 Å². The maximum absolute atomic E-state index is 12.0. The first-order valence-corrected chi connectivity index (χ1v) is 12.7. The van der Waals surface area contributed by atoms with Crippen LogP contribution in [0.1, 0.15) is 0 Å². The van der Waals surface area contributed by atoms with E-state index in [9.17, 15) is 8.42 Å². The lowest BCUT2D eigenvalue weighted by molar-refractivity contribution is 0.122. The molecule has 1 saturated heterocycles. The van der Waals surface area contributed by atoms with Crippen LogP contribution in [0.5, 0.6) is 5.75 Å². The average Bonchev–Trinajstić information content (AvgIpc) is 3.33. The Bertz CT molecular complexity index is 1450. The van der Waals surface area contributed by atoms with Gasteiger partial charge in [-0.25, -0.2) is 18.4 Å². The molecule has 34 heavy (non-hydrogen) atoms. The van der Waals surface area contributed by atoms with E-state index >= 15 is 0 Å². The number of hydrogen-bond donors (Lipinski definition) is 1. The summed E-state index contributed by atoms with van der Waals surface area (Å²) in [4.78, 5) is 11.7. The van der Waals surface area contributed by atoms with Crippen LogP contribution in [0, 0.1) is 0 Å². The molecule has 3 heterocycles. The Morgan fingerprint density at radius 1 is 1.09 bits per heavy atom. The third-order valence-electron chi connectivity index (χ3n) is 5.74. The van der Waals surface area contributed by atoms with Crippen molar-refractivity contribution < 1.29 is 17.9 Å². The normalized spacial score (nSPS) is 14.4. The van der Waals surface area contributed by atoms with E-state index in [4.69, 9.17) is 14.5 Å². The SMILES string of the molecule is COc1cc(-c2cc3nccn3c(Nc3cccc(S(C)(=O)=O)c3)n2)ccc1N1CCOCC1. The van der Waals surface area contributed by atoms with Crippen LogP contribution in [0.3, 0.4) is 0 Å². The number of anilines is 3. The first-order valence-electron chi connectivity index (χ1n) is 10.8. The van der Waals surface area contributed by atoms with E-state index in [0.717, 1.165) is 30.1 Å². The molecule has 1 N–H and O–H groups in total. The van der Waals surface area contributed by atoms with E-state index < -0.39 is 9.84 Å². The molecule has 5 rings (SSSR count). The quantitative estimate of drug-likeness (QED) is 0.449. The predicted octanol–water partition coefficient (Wildman–Crippen LogP) is 3.39. The number of nitrogens with zero attached hydrogens (tertiary/aromatic N) is 4. The minimum absolute atomic E-state index is 0.235. The zero-order valence-electron chi connectivity index (χ0n) is 18.9. The van der Waals surface area contributed by atoms with Gasteiger partial charge in [0.2, 0.25) is 5.95 Å². The molecule has 4 aromatic rings. The highest BCUT2D eigenvalue weighted by Gasteiger charge is 2.17. The number of rotatable bonds is 6. The molecule has 0 atom stereocenters. The number of sulfone groups is 1. The van der Waals surface area contributed by atoms with E-state index in [2.05, 4.69) is 15.2 Å². The number of nitrogens with one attached hydrogen (secondary N) is 1. The Morgan fingerprint density at radius 3 is 2.68 bits per heavy atom. The molecule has 0 aliphatic carbocycles. The van der Waals surface area contributed by atoms with E-state index in [0.29, 0.717) is 36.2 Å². The lowest BCUT2D eigenvalue weighted by atomic mass is 10.1. The molecule has 2 aromatic heterocycles. The summed E-state index contributed by atoms with van der Waals surface area (Å²) < 4.78 is 36.9. The van der Waals surface area contributed by atoms with Gasteiger partial charge >= 0.3 is 0 Å². The molecular weight excluding hydrogens is 454 g/mol. The van der Waals surface area contributed by atoms with Crippen molar-refractivity contribution in [2.45, 2.75) is 4.90 Å². The molecule has 9 nitrogen and oxygen atoms in total. The number of aromatic nitrogens is 3. The average molecular weight is 480 g/mol. The molecule has 0 radical (unpaired) electrons. The minimum atomic E-state index is -3.33. The van der Waals surface area contributed by atoms with Crippen molar-refractivity contribution in [2.24, 2.45) is 0 Å². The third kappa shape index (κ3) is 4.42. The molecular formula is C24H25N5O4S. The highest BCUT2D eigenvalue weighted by molar-refractivity contribution is 7.90. The molecule has 0 bridgehead atoms. The summed E-state index contributed by atoms with van der Waals surface area (Å²) in [7, 11) is -1.66. The summed E-state index contributed by atoms with van der Waals surface area (Å²) in [5, 5.41) is 3.24. The third-order valence-corrected chi connectivity index (χ3v) is 6.85. The summed E-state index contributed by atoms with van der Waals surface area (Å²) in [6.07, 6.45) is 4.69. The molecule has 1 aliphatic heterocycles. The van der Waals surface area contributed by atoms with Crippen LogP contribution in [-0.2, 0) is 14.6 Å². The van der Waals surface area contributed by atoms with E-state index in [1.807, 2.05) is 28.7 Å². The van der Waals surface area contributed by atoms with Crippen molar-refractivity contribution >= 4 is 32.8 Å². The van der Waals surface area contributed by atoms with Gasteiger partial charge in [-0.15, -0.1) is 0 Å². The van der Waals surface area contributed by atoms with Crippen molar-refractivity contribution in [3.05, 3.63) is 60.9 Å². The molecule has 1 aliphatic rings. The minimum Gasteiger partial charge on any atom is -0.495 e. The number of morpholine rings is 1. The monoisotopic (exact) mass is 479 g/mol. The van der Waals surface area contributed by atoms with Crippen LogP contribution >= 0.6 is 0 Å². The number of fused-ring (bicyclic) bond motifs is 1. The van der Waals surface area contributed by atoms with Gasteiger partial charge in [0, 0.05) is 49.1 Å². The largest absolute Gasteiger partial charge is 0.495 e. The van der Waals surface area contributed by atoms with Gasteiger partial charge in [0.1, 0.15) is 11.4 Å². The molecule has 1 fully saturated rings. The standard InChI is InChI=1S/C24H25N5O4S/c1-32-22-14-17(6-7-21(22)28-10-12-33-13-11-28)20-16-23-25-8-9-29(23)24(27-20)26-18-4-3-5-19(15-18)34(2,30)31/h3-9,14-16H,10-13H2,1-2H3,(H,26,27). The second-order valence-corrected chi connectivity index (χ2v) is 10.0. The van der Waals surface area contributed by atoms with Gasteiger partial charge in [-0.1, -0.05) is 12.1 Å². The summed E-state index contributed by atoms with van der Waals surface area (Å²) >= 11 is 0. The predicted molar refractivity (Wildman–Crippen MR) is 131 cm³/mol. The van der Waals surface area contributed by atoms with Gasteiger partial charge in [-0.2, -0.15) is 0 Å². The van der Waals surface area contributed by atoms with Crippen molar-refractivity contribution in [3.8, 4) is 17.0 Å². The topological polar surface area (TPSA) is 98.1 Å².